The van der Waals surface area contributed by atoms with Crippen molar-refractivity contribution in [2.45, 2.75) is 38.7 Å². The van der Waals surface area contributed by atoms with Crippen molar-refractivity contribution in [3.8, 4) is 11.5 Å². The summed E-state index contributed by atoms with van der Waals surface area (Å²) in [6, 6.07) is 12.1. The van der Waals surface area contributed by atoms with Gasteiger partial charge in [-0.3, -0.25) is 19.7 Å². The van der Waals surface area contributed by atoms with Gasteiger partial charge in [0, 0.05) is 12.1 Å². The number of rotatable bonds is 6. The molecular formula is C22H21N3O6. The number of carbonyl (C=O) groups excluding carboxylic acids is 2. The van der Waals surface area contributed by atoms with Crippen molar-refractivity contribution in [1.29, 1.82) is 0 Å². The summed E-state index contributed by atoms with van der Waals surface area (Å²) in [6.07, 6.45) is 4.69. The summed E-state index contributed by atoms with van der Waals surface area (Å²) in [6.45, 7) is 1.58. The highest BCUT2D eigenvalue weighted by Gasteiger charge is 2.41. The first-order valence-electron chi connectivity index (χ1n) is 10.0. The Morgan fingerprint density at radius 1 is 1.06 bits per heavy atom. The normalized spacial score (nSPS) is 18.7. The van der Waals surface area contributed by atoms with Gasteiger partial charge >= 0.3 is 5.97 Å². The molecule has 1 heterocycles. The molecule has 9 nitrogen and oxygen atoms in total. The molecule has 1 amide bonds. The first-order chi connectivity index (χ1) is 14.9. The smallest absolute Gasteiger partial charge is 0.329 e. The summed E-state index contributed by atoms with van der Waals surface area (Å²) >= 11 is 0. The highest BCUT2D eigenvalue weighted by molar-refractivity contribution is 6.25. The number of hydrogen-bond acceptors (Lipinski definition) is 7. The lowest BCUT2D eigenvalue weighted by molar-refractivity contribution is -0.384. The number of non-ortho nitro benzene ring substituents is 1. The van der Waals surface area contributed by atoms with Crippen LogP contribution in [0.1, 0.15) is 32.6 Å². The van der Waals surface area contributed by atoms with Crippen molar-refractivity contribution in [3.63, 3.8) is 0 Å². The second kappa shape index (κ2) is 8.55. The van der Waals surface area contributed by atoms with Gasteiger partial charge < -0.3 is 9.47 Å². The summed E-state index contributed by atoms with van der Waals surface area (Å²) in [7, 11) is 0. The Morgan fingerprint density at radius 3 is 2.29 bits per heavy atom. The van der Waals surface area contributed by atoms with Crippen LogP contribution in [0.25, 0.3) is 0 Å². The zero-order chi connectivity index (χ0) is 22.0. The van der Waals surface area contributed by atoms with Crippen molar-refractivity contribution in [3.05, 3.63) is 58.6 Å². The van der Waals surface area contributed by atoms with Crippen LogP contribution in [0.4, 0.5) is 11.4 Å². The van der Waals surface area contributed by atoms with E-state index in [1.165, 1.54) is 42.1 Å². The minimum atomic E-state index is -1.18. The van der Waals surface area contributed by atoms with Crippen molar-refractivity contribution in [2.24, 2.45) is 11.0 Å². The summed E-state index contributed by atoms with van der Waals surface area (Å²) < 4.78 is 11.2. The number of hydrazone groups is 1. The van der Waals surface area contributed by atoms with Crippen LogP contribution in [0.2, 0.25) is 0 Å². The highest BCUT2D eigenvalue weighted by Crippen LogP contribution is 2.29. The average Bonchev–Trinajstić information content (AvgIpc) is 3.36. The van der Waals surface area contributed by atoms with E-state index in [9.17, 15) is 19.7 Å². The number of carbonyl (C=O) groups is 2. The molecule has 31 heavy (non-hydrogen) atoms. The summed E-state index contributed by atoms with van der Waals surface area (Å²) in [4.78, 5) is 35.6. The molecule has 0 N–H and O–H groups in total. The van der Waals surface area contributed by atoms with E-state index < -0.39 is 22.7 Å². The molecule has 2 aliphatic rings. The first kappa shape index (κ1) is 20.5. The van der Waals surface area contributed by atoms with E-state index in [0.717, 1.165) is 18.6 Å². The van der Waals surface area contributed by atoms with Crippen LogP contribution in [0, 0.1) is 16.0 Å². The van der Waals surface area contributed by atoms with Crippen molar-refractivity contribution in [1.82, 2.24) is 0 Å². The maximum atomic E-state index is 12.8. The number of anilines is 1. The van der Waals surface area contributed by atoms with Crippen molar-refractivity contribution >= 4 is 29.0 Å². The van der Waals surface area contributed by atoms with E-state index in [4.69, 9.17) is 9.47 Å². The van der Waals surface area contributed by atoms with Gasteiger partial charge in [0.1, 0.15) is 11.5 Å². The fraction of sp³-hybridized carbons (Fsp3) is 0.318. The van der Waals surface area contributed by atoms with Crippen LogP contribution < -0.4 is 14.5 Å². The molecule has 0 bridgehead atoms. The van der Waals surface area contributed by atoms with Crippen LogP contribution >= 0.6 is 0 Å². The number of ether oxygens (including phenoxy) is 2. The third-order valence-electron chi connectivity index (χ3n) is 5.32. The number of amides is 1. The Kier molecular flexibility index (Phi) is 5.66. The summed E-state index contributed by atoms with van der Waals surface area (Å²) in [5.74, 6) is -1.64. The molecule has 9 heteroatoms. The topological polar surface area (TPSA) is 111 Å². The van der Waals surface area contributed by atoms with Crippen LogP contribution in [-0.2, 0) is 9.59 Å². The van der Waals surface area contributed by atoms with E-state index in [-0.39, 0.29) is 17.5 Å². The standard InChI is InChI=1S/C22H21N3O6/c1-14-20(22(27)31-19-12-8-16(9-13-19)25(28)29)21(26)24(23-14)15-6-10-18(11-7-15)30-17-4-2-3-5-17/h6-13,17,20H,2-5H2,1H3. The monoisotopic (exact) mass is 423 g/mol. The van der Waals surface area contributed by atoms with Gasteiger partial charge in [-0.15, -0.1) is 0 Å². The van der Waals surface area contributed by atoms with Gasteiger partial charge in [0.25, 0.3) is 11.6 Å². The van der Waals surface area contributed by atoms with Crippen LogP contribution in [0.3, 0.4) is 0 Å². The molecule has 0 aromatic heterocycles. The molecule has 1 fully saturated rings. The number of nitro benzene ring substituents is 1. The number of esters is 1. The fourth-order valence-corrected chi connectivity index (χ4v) is 3.70. The van der Waals surface area contributed by atoms with Gasteiger partial charge in [-0.05, 0) is 69.0 Å². The second-order valence-corrected chi connectivity index (χ2v) is 7.51. The zero-order valence-electron chi connectivity index (χ0n) is 16.9. The minimum Gasteiger partial charge on any atom is -0.490 e. The van der Waals surface area contributed by atoms with Crippen molar-refractivity contribution < 1.29 is 24.0 Å². The second-order valence-electron chi connectivity index (χ2n) is 7.51. The average molecular weight is 423 g/mol. The third-order valence-corrected chi connectivity index (χ3v) is 5.32. The van der Waals surface area contributed by atoms with Gasteiger partial charge in [-0.2, -0.15) is 10.1 Å². The van der Waals surface area contributed by atoms with E-state index >= 15 is 0 Å². The first-order valence-corrected chi connectivity index (χ1v) is 10.0. The van der Waals surface area contributed by atoms with Gasteiger partial charge in [-0.25, -0.2) is 0 Å². The van der Waals surface area contributed by atoms with E-state index in [1.54, 1.807) is 31.2 Å². The Morgan fingerprint density at radius 2 is 1.68 bits per heavy atom. The van der Waals surface area contributed by atoms with Crippen LogP contribution in [0.15, 0.2) is 53.6 Å². The van der Waals surface area contributed by atoms with Gasteiger partial charge in [0.2, 0.25) is 0 Å². The SMILES string of the molecule is CC1=NN(c2ccc(OC3CCCC3)cc2)C(=O)C1C(=O)Oc1ccc([N+](=O)[O-])cc1. The van der Waals surface area contributed by atoms with Crippen LogP contribution in [0.5, 0.6) is 11.5 Å². The molecular weight excluding hydrogens is 402 g/mol. The molecule has 2 aromatic carbocycles. The number of nitro groups is 1. The van der Waals surface area contributed by atoms with Gasteiger partial charge in [0.15, 0.2) is 5.92 Å². The molecule has 0 radical (unpaired) electrons. The predicted octanol–water partition coefficient (Wildman–Crippen LogP) is 3.86. The molecule has 1 unspecified atom stereocenters. The maximum absolute atomic E-state index is 12.8. The summed E-state index contributed by atoms with van der Waals surface area (Å²) in [5.41, 5.74) is 0.706. The number of hydrogen-bond donors (Lipinski definition) is 0. The van der Waals surface area contributed by atoms with Gasteiger partial charge in [-0.1, -0.05) is 0 Å². The molecule has 4 rings (SSSR count). The predicted molar refractivity (Wildman–Crippen MR) is 112 cm³/mol. The molecule has 1 saturated carbocycles. The molecule has 0 spiro atoms. The van der Waals surface area contributed by atoms with E-state index in [2.05, 4.69) is 5.10 Å². The third kappa shape index (κ3) is 4.40. The number of nitrogens with zero attached hydrogens (tertiary/aromatic N) is 3. The quantitative estimate of drug-likeness (QED) is 0.229. The Bertz CT molecular complexity index is 1030. The molecule has 1 aliphatic heterocycles. The molecule has 1 atom stereocenters. The highest BCUT2D eigenvalue weighted by atomic mass is 16.6. The lowest BCUT2D eigenvalue weighted by Crippen LogP contribution is -2.35. The minimum absolute atomic E-state index is 0.114. The molecule has 2 aromatic rings. The Hall–Kier alpha value is -3.75. The Balaban J connectivity index is 1.42. The number of benzene rings is 2. The molecule has 1 aliphatic carbocycles. The zero-order valence-corrected chi connectivity index (χ0v) is 16.9. The van der Waals surface area contributed by atoms with Gasteiger partial charge in [0.05, 0.1) is 22.4 Å². The lowest BCUT2D eigenvalue weighted by Gasteiger charge is -2.16. The Labute approximate surface area is 178 Å². The van der Waals surface area contributed by atoms with Crippen LogP contribution in [-0.4, -0.2) is 28.6 Å². The van der Waals surface area contributed by atoms with Crippen molar-refractivity contribution in [2.75, 3.05) is 5.01 Å². The maximum Gasteiger partial charge on any atom is 0.329 e. The lowest BCUT2D eigenvalue weighted by atomic mass is 10.1. The molecule has 160 valence electrons. The fourth-order valence-electron chi connectivity index (χ4n) is 3.70. The largest absolute Gasteiger partial charge is 0.490 e. The van der Waals surface area contributed by atoms with E-state index in [1.807, 2.05) is 0 Å². The molecule has 0 saturated heterocycles. The summed E-state index contributed by atoms with van der Waals surface area (Å²) in [5, 5.41) is 16.1. The van der Waals surface area contributed by atoms with E-state index in [0.29, 0.717) is 11.4 Å².